The number of phenols is 1. The fraction of sp³-hybridized carbons (Fsp3) is 0.435. The Kier molecular flexibility index (Phi) is 7.61. The molecule has 2 aromatic carbocycles. The summed E-state index contributed by atoms with van der Waals surface area (Å²) in [4.78, 5) is 7.17. The van der Waals surface area contributed by atoms with Gasteiger partial charge in [0, 0.05) is 31.4 Å². The summed E-state index contributed by atoms with van der Waals surface area (Å²) >= 11 is 0. The molecule has 1 fully saturated rings. The molecule has 3 rings (SSSR count). The molecule has 156 valence electrons. The number of piperidine rings is 1. The molecule has 0 unspecified atom stereocenters. The molecule has 0 amide bonds. The van der Waals surface area contributed by atoms with E-state index in [9.17, 15) is 5.11 Å². The number of phenolic OH excluding ortho intramolecular Hbond substituents is 1. The molecule has 0 bridgehead atoms. The second-order valence-electron chi connectivity index (χ2n) is 7.17. The normalized spacial score (nSPS) is 15.2. The first kappa shape index (κ1) is 20.8. The molecule has 29 heavy (non-hydrogen) atoms. The van der Waals surface area contributed by atoms with Gasteiger partial charge < -0.3 is 25.4 Å². The van der Waals surface area contributed by atoms with Gasteiger partial charge in [0.05, 0.1) is 13.2 Å². The molecule has 0 saturated carbocycles. The average molecular weight is 397 g/mol. The molecule has 0 aromatic heterocycles. The lowest BCUT2D eigenvalue weighted by Gasteiger charge is -2.34. The smallest absolute Gasteiger partial charge is 0.191 e. The lowest BCUT2D eigenvalue weighted by molar-refractivity contribution is 0.318. The molecule has 0 radical (unpaired) electrons. The Hall–Kier alpha value is -2.89. The minimum Gasteiger partial charge on any atom is -0.504 e. The minimum absolute atomic E-state index is 0.162. The van der Waals surface area contributed by atoms with Gasteiger partial charge in [-0.05, 0) is 56.5 Å². The molecule has 0 atom stereocenters. The van der Waals surface area contributed by atoms with Gasteiger partial charge in [-0.2, -0.15) is 0 Å². The third-order valence-corrected chi connectivity index (χ3v) is 5.05. The van der Waals surface area contributed by atoms with Gasteiger partial charge in [-0.25, -0.2) is 4.99 Å². The highest BCUT2D eigenvalue weighted by Crippen LogP contribution is 2.27. The van der Waals surface area contributed by atoms with Gasteiger partial charge in [0.15, 0.2) is 17.5 Å². The van der Waals surface area contributed by atoms with Crippen molar-refractivity contribution in [1.82, 2.24) is 10.6 Å². The maximum Gasteiger partial charge on any atom is 0.191 e. The first-order valence-corrected chi connectivity index (χ1v) is 10.5. The topological polar surface area (TPSA) is 69.1 Å². The van der Waals surface area contributed by atoms with E-state index < -0.39 is 0 Å². The zero-order chi connectivity index (χ0) is 20.5. The number of guanidine groups is 1. The standard InChI is InChI=1S/C23H32N4O2/c1-3-24-23(25-17-18-10-11-21(28)22(16-18)29-4-2)26-19-12-14-27(15-13-19)20-8-6-5-7-9-20/h5-11,16,19,28H,3-4,12-15,17H2,1-2H3,(H2,24,25,26). The van der Waals surface area contributed by atoms with E-state index in [-0.39, 0.29) is 5.75 Å². The van der Waals surface area contributed by atoms with E-state index in [2.05, 4.69) is 52.8 Å². The van der Waals surface area contributed by atoms with Gasteiger partial charge in [-0.3, -0.25) is 0 Å². The number of hydrogen-bond donors (Lipinski definition) is 3. The summed E-state index contributed by atoms with van der Waals surface area (Å²) in [5.74, 6) is 1.50. The summed E-state index contributed by atoms with van der Waals surface area (Å²) in [6.07, 6.45) is 2.15. The monoisotopic (exact) mass is 396 g/mol. The second-order valence-corrected chi connectivity index (χ2v) is 7.17. The van der Waals surface area contributed by atoms with Crippen LogP contribution in [0.25, 0.3) is 0 Å². The van der Waals surface area contributed by atoms with Crippen molar-refractivity contribution in [3.8, 4) is 11.5 Å². The lowest BCUT2D eigenvalue weighted by Crippen LogP contribution is -2.48. The highest BCUT2D eigenvalue weighted by Gasteiger charge is 2.20. The van der Waals surface area contributed by atoms with Crippen LogP contribution in [-0.2, 0) is 6.54 Å². The molecule has 0 aliphatic carbocycles. The average Bonchev–Trinajstić information content (AvgIpc) is 2.75. The van der Waals surface area contributed by atoms with Crippen LogP contribution in [0.3, 0.4) is 0 Å². The van der Waals surface area contributed by atoms with Crippen LogP contribution in [0.4, 0.5) is 5.69 Å². The summed E-state index contributed by atoms with van der Waals surface area (Å²) < 4.78 is 5.47. The first-order valence-electron chi connectivity index (χ1n) is 10.5. The molecule has 1 aliphatic rings. The summed E-state index contributed by atoms with van der Waals surface area (Å²) in [5.41, 5.74) is 2.30. The van der Waals surface area contributed by atoms with Crippen molar-refractivity contribution in [3.05, 3.63) is 54.1 Å². The highest BCUT2D eigenvalue weighted by atomic mass is 16.5. The Morgan fingerprint density at radius 2 is 1.90 bits per heavy atom. The molecular formula is C23H32N4O2. The number of para-hydroxylation sites is 1. The Labute approximate surface area is 173 Å². The lowest BCUT2D eigenvalue weighted by atomic mass is 10.0. The van der Waals surface area contributed by atoms with Crippen molar-refractivity contribution in [1.29, 1.82) is 0 Å². The van der Waals surface area contributed by atoms with Crippen LogP contribution in [0.5, 0.6) is 11.5 Å². The van der Waals surface area contributed by atoms with Crippen molar-refractivity contribution in [2.45, 2.75) is 39.3 Å². The van der Waals surface area contributed by atoms with Crippen molar-refractivity contribution < 1.29 is 9.84 Å². The van der Waals surface area contributed by atoms with Crippen LogP contribution in [-0.4, -0.2) is 43.3 Å². The zero-order valence-corrected chi connectivity index (χ0v) is 17.4. The van der Waals surface area contributed by atoms with Crippen molar-refractivity contribution in [2.24, 2.45) is 4.99 Å². The van der Waals surface area contributed by atoms with E-state index >= 15 is 0 Å². The zero-order valence-electron chi connectivity index (χ0n) is 17.4. The SMILES string of the molecule is CCNC(=NCc1ccc(O)c(OCC)c1)NC1CCN(c2ccccc2)CC1. The van der Waals surface area contributed by atoms with Gasteiger partial charge >= 0.3 is 0 Å². The minimum atomic E-state index is 0.162. The predicted molar refractivity (Wildman–Crippen MR) is 119 cm³/mol. The second kappa shape index (κ2) is 10.6. The van der Waals surface area contributed by atoms with Gasteiger partial charge in [-0.1, -0.05) is 24.3 Å². The molecule has 0 spiro atoms. The number of anilines is 1. The van der Waals surface area contributed by atoms with Crippen LogP contribution < -0.4 is 20.3 Å². The molecular weight excluding hydrogens is 364 g/mol. The van der Waals surface area contributed by atoms with E-state index in [4.69, 9.17) is 9.73 Å². The van der Waals surface area contributed by atoms with Crippen LogP contribution >= 0.6 is 0 Å². The van der Waals surface area contributed by atoms with Gasteiger partial charge in [-0.15, -0.1) is 0 Å². The number of nitrogens with zero attached hydrogens (tertiary/aromatic N) is 2. The van der Waals surface area contributed by atoms with E-state index in [0.29, 0.717) is 24.9 Å². The Morgan fingerprint density at radius 3 is 2.59 bits per heavy atom. The first-order chi connectivity index (χ1) is 14.2. The molecule has 6 nitrogen and oxygen atoms in total. The maximum absolute atomic E-state index is 9.86. The summed E-state index contributed by atoms with van der Waals surface area (Å²) in [5, 5.41) is 16.8. The van der Waals surface area contributed by atoms with Crippen LogP contribution in [0.1, 0.15) is 32.3 Å². The highest BCUT2D eigenvalue weighted by molar-refractivity contribution is 5.80. The molecule has 3 N–H and O–H groups in total. The quantitative estimate of drug-likeness (QED) is 0.494. The van der Waals surface area contributed by atoms with E-state index in [1.165, 1.54) is 5.69 Å². The largest absolute Gasteiger partial charge is 0.504 e. The molecule has 6 heteroatoms. The third kappa shape index (κ3) is 6.04. The van der Waals surface area contributed by atoms with Crippen molar-refractivity contribution in [2.75, 3.05) is 31.1 Å². The number of hydrogen-bond acceptors (Lipinski definition) is 4. The predicted octanol–water partition coefficient (Wildman–Crippen LogP) is 3.52. The molecule has 1 aliphatic heterocycles. The molecule has 1 saturated heterocycles. The molecule has 2 aromatic rings. The van der Waals surface area contributed by atoms with Crippen LogP contribution in [0.15, 0.2) is 53.5 Å². The number of aliphatic imine (C=N–C) groups is 1. The number of benzene rings is 2. The number of rotatable bonds is 7. The molecule has 1 heterocycles. The van der Waals surface area contributed by atoms with Gasteiger partial charge in [0.2, 0.25) is 0 Å². The van der Waals surface area contributed by atoms with Crippen molar-refractivity contribution in [3.63, 3.8) is 0 Å². The number of nitrogens with one attached hydrogen (secondary N) is 2. The number of ether oxygens (including phenoxy) is 1. The van der Waals surface area contributed by atoms with E-state index in [1.54, 1.807) is 6.07 Å². The Bertz CT molecular complexity index is 787. The fourth-order valence-electron chi connectivity index (χ4n) is 3.53. The Balaban J connectivity index is 1.57. The van der Waals surface area contributed by atoms with Crippen molar-refractivity contribution >= 4 is 11.6 Å². The van der Waals surface area contributed by atoms with E-state index in [0.717, 1.165) is 44.0 Å². The number of aromatic hydroxyl groups is 1. The summed E-state index contributed by atoms with van der Waals surface area (Å²) in [6.45, 7) is 7.91. The van der Waals surface area contributed by atoms with Crippen LogP contribution in [0, 0.1) is 0 Å². The van der Waals surface area contributed by atoms with Crippen LogP contribution in [0.2, 0.25) is 0 Å². The summed E-state index contributed by atoms with van der Waals surface area (Å²) in [7, 11) is 0. The fourth-order valence-corrected chi connectivity index (χ4v) is 3.53. The third-order valence-electron chi connectivity index (χ3n) is 5.05. The van der Waals surface area contributed by atoms with Gasteiger partial charge in [0.25, 0.3) is 0 Å². The summed E-state index contributed by atoms with van der Waals surface area (Å²) in [6, 6.07) is 16.4. The maximum atomic E-state index is 9.86. The van der Waals surface area contributed by atoms with E-state index in [1.807, 2.05) is 19.1 Å². The Morgan fingerprint density at radius 1 is 1.14 bits per heavy atom. The van der Waals surface area contributed by atoms with Gasteiger partial charge in [0.1, 0.15) is 0 Å².